The molecule has 0 unspecified atom stereocenters. The van der Waals surface area contributed by atoms with Gasteiger partial charge in [-0.1, -0.05) is 12.1 Å². The zero-order valence-electron chi connectivity index (χ0n) is 9.52. The van der Waals surface area contributed by atoms with Gasteiger partial charge in [0.1, 0.15) is 0 Å². The highest BCUT2D eigenvalue weighted by atomic mass is 16.3. The van der Waals surface area contributed by atoms with Crippen molar-refractivity contribution in [1.29, 1.82) is 0 Å². The summed E-state index contributed by atoms with van der Waals surface area (Å²) in [6, 6.07) is 8.85. The summed E-state index contributed by atoms with van der Waals surface area (Å²) in [6.07, 6.45) is 5.59. The summed E-state index contributed by atoms with van der Waals surface area (Å²) < 4.78 is 0. The number of aliphatic hydroxyl groups is 1. The third-order valence-corrected chi connectivity index (χ3v) is 3.70. The molecule has 0 radical (unpaired) electrons. The quantitative estimate of drug-likeness (QED) is 0.795. The Bertz CT molecular complexity index is 357. The average Bonchev–Trinajstić information content (AvgIpc) is 3.18. The Labute approximate surface area is 96.7 Å². The van der Waals surface area contributed by atoms with Crippen LogP contribution >= 0.6 is 0 Å². The van der Waals surface area contributed by atoms with E-state index in [4.69, 9.17) is 5.11 Å². The summed E-state index contributed by atoms with van der Waals surface area (Å²) in [6.45, 7) is 0.132. The van der Waals surface area contributed by atoms with Crippen molar-refractivity contribution in [3.63, 3.8) is 0 Å². The Balaban J connectivity index is 1.70. The molecule has 1 aromatic carbocycles. The predicted molar refractivity (Wildman–Crippen MR) is 65.2 cm³/mol. The van der Waals surface area contributed by atoms with Gasteiger partial charge in [0.2, 0.25) is 0 Å². The van der Waals surface area contributed by atoms with Crippen molar-refractivity contribution in [2.45, 2.75) is 38.3 Å². The molecule has 3 rings (SSSR count). The molecule has 0 amide bonds. The number of benzene rings is 1. The van der Waals surface area contributed by atoms with Crippen molar-refractivity contribution in [1.82, 2.24) is 0 Å². The Hall–Kier alpha value is -1.02. The molecule has 0 atom stereocenters. The zero-order chi connectivity index (χ0) is 11.0. The molecule has 2 nitrogen and oxygen atoms in total. The fraction of sp³-hybridized carbons (Fsp3) is 0.571. The fourth-order valence-electron chi connectivity index (χ4n) is 2.48. The maximum Gasteiger partial charge on any atom is 0.0682 e. The van der Waals surface area contributed by atoms with Gasteiger partial charge in [0.25, 0.3) is 0 Å². The molecule has 0 spiro atoms. The van der Waals surface area contributed by atoms with E-state index in [1.807, 2.05) is 12.1 Å². The predicted octanol–water partition coefficient (Wildman–Crippen LogP) is 2.78. The van der Waals surface area contributed by atoms with Crippen molar-refractivity contribution in [3.05, 3.63) is 29.8 Å². The summed E-state index contributed by atoms with van der Waals surface area (Å²) in [5.41, 5.74) is 2.17. The van der Waals surface area contributed by atoms with Crippen molar-refractivity contribution >= 4 is 5.69 Å². The standard InChI is InChI=1S/C14H19NO/c16-9-10-2-1-3-13(8-10)15-14(11-4-5-11)12-6-7-12/h1-3,8,11-12,14-16H,4-7,9H2. The van der Waals surface area contributed by atoms with Crippen LogP contribution < -0.4 is 5.32 Å². The molecule has 0 bridgehead atoms. The van der Waals surface area contributed by atoms with Gasteiger partial charge in [-0.3, -0.25) is 0 Å². The van der Waals surface area contributed by atoms with Gasteiger partial charge < -0.3 is 10.4 Å². The second-order valence-electron chi connectivity index (χ2n) is 5.20. The van der Waals surface area contributed by atoms with E-state index in [0.29, 0.717) is 6.04 Å². The van der Waals surface area contributed by atoms with E-state index in [9.17, 15) is 0 Å². The molecule has 16 heavy (non-hydrogen) atoms. The normalized spacial score (nSPS) is 20.1. The molecule has 0 saturated heterocycles. The smallest absolute Gasteiger partial charge is 0.0682 e. The van der Waals surface area contributed by atoms with Gasteiger partial charge in [-0.05, 0) is 55.2 Å². The minimum Gasteiger partial charge on any atom is -0.392 e. The van der Waals surface area contributed by atoms with Crippen LogP contribution in [0, 0.1) is 11.8 Å². The monoisotopic (exact) mass is 217 g/mol. The molecule has 1 aromatic rings. The number of hydrogen-bond acceptors (Lipinski definition) is 2. The Morgan fingerprint density at radius 2 is 1.88 bits per heavy atom. The second kappa shape index (κ2) is 4.10. The van der Waals surface area contributed by atoms with E-state index in [-0.39, 0.29) is 6.61 Å². The molecule has 2 aliphatic rings. The summed E-state index contributed by atoms with van der Waals surface area (Å²) in [4.78, 5) is 0. The highest BCUT2D eigenvalue weighted by Gasteiger charge is 2.41. The van der Waals surface area contributed by atoms with Crippen LogP contribution in [0.25, 0.3) is 0 Å². The van der Waals surface area contributed by atoms with Crippen LogP contribution in [-0.4, -0.2) is 11.1 Å². The third kappa shape index (κ3) is 2.22. The van der Waals surface area contributed by atoms with Gasteiger partial charge in [0, 0.05) is 11.7 Å². The largest absolute Gasteiger partial charge is 0.392 e. The van der Waals surface area contributed by atoms with Gasteiger partial charge in [-0.2, -0.15) is 0 Å². The average molecular weight is 217 g/mol. The molecule has 0 aliphatic heterocycles. The summed E-state index contributed by atoms with van der Waals surface area (Å²) in [5.74, 6) is 1.82. The lowest BCUT2D eigenvalue weighted by Gasteiger charge is -2.19. The van der Waals surface area contributed by atoms with Gasteiger partial charge in [0.15, 0.2) is 0 Å². The molecule has 86 valence electrons. The molecular weight excluding hydrogens is 198 g/mol. The topological polar surface area (TPSA) is 32.3 Å². The van der Waals surface area contributed by atoms with E-state index >= 15 is 0 Å². The lowest BCUT2D eigenvalue weighted by molar-refractivity contribution is 0.282. The highest BCUT2D eigenvalue weighted by molar-refractivity contribution is 5.47. The maximum absolute atomic E-state index is 9.11. The van der Waals surface area contributed by atoms with E-state index in [1.54, 1.807) is 0 Å². The van der Waals surface area contributed by atoms with Gasteiger partial charge in [0.05, 0.1) is 6.61 Å². The number of rotatable bonds is 5. The fourth-order valence-corrected chi connectivity index (χ4v) is 2.48. The molecule has 2 heteroatoms. The van der Waals surface area contributed by atoms with Gasteiger partial charge in [-0.15, -0.1) is 0 Å². The summed E-state index contributed by atoms with van der Waals surface area (Å²) >= 11 is 0. The van der Waals surface area contributed by atoms with Crippen LogP contribution in [0.4, 0.5) is 5.69 Å². The van der Waals surface area contributed by atoms with Crippen molar-refractivity contribution in [3.8, 4) is 0 Å². The minimum absolute atomic E-state index is 0.132. The first-order valence-corrected chi connectivity index (χ1v) is 6.33. The van der Waals surface area contributed by atoms with Crippen molar-refractivity contribution in [2.24, 2.45) is 11.8 Å². The van der Waals surface area contributed by atoms with E-state index in [1.165, 1.54) is 31.4 Å². The lowest BCUT2D eigenvalue weighted by atomic mass is 10.1. The minimum atomic E-state index is 0.132. The van der Waals surface area contributed by atoms with Crippen LogP contribution in [0.15, 0.2) is 24.3 Å². The Morgan fingerprint density at radius 1 is 1.19 bits per heavy atom. The SMILES string of the molecule is OCc1cccc(NC(C2CC2)C2CC2)c1. The van der Waals surface area contributed by atoms with Crippen LogP contribution in [0.3, 0.4) is 0 Å². The molecule has 2 N–H and O–H groups in total. The summed E-state index contributed by atoms with van der Waals surface area (Å²) in [5, 5.41) is 12.8. The van der Waals surface area contributed by atoms with Crippen LogP contribution in [0.5, 0.6) is 0 Å². The van der Waals surface area contributed by atoms with E-state index in [2.05, 4.69) is 17.4 Å². The third-order valence-electron chi connectivity index (χ3n) is 3.70. The number of hydrogen-bond donors (Lipinski definition) is 2. The molecule has 2 saturated carbocycles. The van der Waals surface area contributed by atoms with Crippen LogP contribution in [-0.2, 0) is 6.61 Å². The number of anilines is 1. The first-order valence-electron chi connectivity index (χ1n) is 6.33. The molecule has 2 fully saturated rings. The summed E-state index contributed by atoms with van der Waals surface area (Å²) in [7, 11) is 0. The van der Waals surface area contributed by atoms with Gasteiger partial charge >= 0.3 is 0 Å². The Kier molecular flexibility index (Phi) is 2.60. The van der Waals surface area contributed by atoms with E-state index in [0.717, 1.165) is 17.4 Å². The highest BCUT2D eigenvalue weighted by Crippen LogP contribution is 2.45. The second-order valence-corrected chi connectivity index (χ2v) is 5.20. The van der Waals surface area contributed by atoms with Crippen molar-refractivity contribution < 1.29 is 5.11 Å². The molecule has 0 heterocycles. The molecular formula is C14H19NO. The van der Waals surface area contributed by atoms with Crippen molar-refractivity contribution in [2.75, 3.05) is 5.32 Å². The van der Waals surface area contributed by atoms with E-state index < -0.39 is 0 Å². The lowest BCUT2D eigenvalue weighted by Crippen LogP contribution is -2.24. The maximum atomic E-state index is 9.11. The first kappa shape index (κ1) is 10.2. The first-order chi connectivity index (χ1) is 7.86. The Morgan fingerprint density at radius 3 is 2.44 bits per heavy atom. The number of nitrogens with one attached hydrogen (secondary N) is 1. The molecule has 0 aromatic heterocycles. The van der Waals surface area contributed by atoms with Gasteiger partial charge in [-0.25, -0.2) is 0 Å². The molecule has 2 aliphatic carbocycles. The van der Waals surface area contributed by atoms with Crippen LogP contribution in [0.2, 0.25) is 0 Å². The van der Waals surface area contributed by atoms with Crippen LogP contribution in [0.1, 0.15) is 31.2 Å². The number of aliphatic hydroxyl groups excluding tert-OH is 1. The zero-order valence-corrected chi connectivity index (χ0v) is 9.52.